The molecule has 2 aromatic heterocycles. The van der Waals surface area contributed by atoms with Gasteiger partial charge in [0, 0.05) is 38.9 Å². The molecule has 1 amide bonds. The van der Waals surface area contributed by atoms with Crippen LogP contribution in [0.1, 0.15) is 18.4 Å². The van der Waals surface area contributed by atoms with Gasteiger partial charge in [-0.15, -0.1) is 0 Å². The Balaban J connectivity index is 1.59. The van der Waals surface area contributed by atoms with Gasteiger partial charge < -0.3 is 20.2 Å². The van der Waals surface area contributed by atoms with Crippen molar-refractivity contribution in [2.45, 2.75) is 19.0 Å². The second kappa shape index (κ2) is 8.50. The fraction of sp³-hybridized carbons (Fsp3) is 0.444. The van der Waals surface area contributed by atoms with E-state index >= 15 is 0 Å². The lowest BCUT2D eigenvalue weighted by atomic mass is 9.96. The highest BCUT2D eigenvalue weighted by molar-refractivity contribution is 5.65. The molecule has 2 aromatic rings. The van der Waals surface area contributed by atoms with Gasteiger partial charge in [0.05, 0.1) is 5.56 Å². The summed E-state index contributed by atoms with van der Waals surface area (Å²) in [7, 11) is 1.88. The number of likely N-dealkylation sites (tertiary alicyclic amines) is 1. The summed E-state index contributed by atoms with van der Waals surface area (Å²) in [6, 6.07) is 3.88. The van der Waals surface area contributed by atoms with Gasteiger partial charge >= 0.3 is 12.3 Å². The van der Waals surface area contributed by atoms with Crippen LogP contribution in [0.2, 0.25) is 0 Å². The van der Waals surface area contributed by atoms with Gasteiger partial charge in [-0.25, -0.2) is 19.7 Å². The molecule has 29 heavy (non-hydrogen) atoms. The molecule has 8 nitrogen and oxygen atoms in total. The van der Waals surface area contributed by atoms with Crippen LogP contribution < -0.4 is 10.2 Å². The molecule has 1 fully saturated rings. The SMILES string of the molecule is CN(CC1CCN(C(=O)O)CC1)c1cc(Nc2ccc(C(F)(F)F)cn2)ncn1. The predicted molar refractivity (Wildman–Crippen MR) is 100 cm³/mol. The molecule has 1 aliphatic heterocycles. The Morgan fingerprint density at radius 2 is 1.97 bits per heavy atom. The largest absolute Gasteiger partial charge is 0.465 e. The smallest absolute Gasteiger partial charge is 0.417 e. The third kappa shape index (κ3) is 5.46. The number of pyridine rings is 1. The van der Waals surface area contributed by atoms with Crippen molar-refractivity contribution < 1.29 is 23.1 Å². The Labute approximate surface area is 165 Å². The van der Waals surface area contributed by atoms with E-state index in [-0.39, 0.29) is 5.82 Å². The highest BCUT2D eigenvalue weighted by Crippen LogP contribution is 2.29. The summed E-state index contributed by atoms with van der Waals surface area (Å²) < 4.78 is 37.9. The van der Waals surface area contributed by atoms with E-state index < -0.39 is 17.8 Å². The van der Waals surface area contributed by atoms with Gasteiger partial charge in [0.25, 0.3) is 0 Å². The minimum Gasteiger partial charge on any atom is -0.465 e. The number of anilines is 3. The summed E-state index contributed by atoms with van der Waals surface area (Å²) in [5.41, 5.74) is -0.819. The Hall–Kier alpha value is -3.11. The lowest BCUT2D eigenvalue weighted by Crippen LogP contribution is -2.40. The highest BCUT2D eigenvalue weighted by atomic mass is 19.4. The van der Waals surface area contributed by atoms with Gasteiger partial charge in [0.1, 0.15) is 23.8 Å². The topological polar surface area (TPSA) is 94.5 Å². The van der Waals surface area contributed by atoms with E-state index in [0.29, 0.717) is 37.2 Å². The van der Waals surface area contributed by atoms with Gasteiger partial charge in [-0.1, -0.05) is 0 Å². The number of alkyl halides is 3. The van der Waals surface area contributed by atoms with Crippen molar-refractivity contribution in [3.05, 3.63) is 36.3 Å². The molecule has 11 heteroatoms. The number of rotatable bonds is 5. The first-order valence-corrected chi connectivity index (χ1v) is 9.03. The molecule has 0 spiro atoms. The molecule has 0 bridgehead atoms. The van der Waals surface area contributed by atoms with E-state index in [1.54, 1.807) is 6.07 Å². The number of piperidine rings is 1. The van der Waals surface area contributed by atoms with Gasteiger partial charge in [0.2, 0.25) is 0 Å². The minimum absolute atomic E-state index is 0.242. The van der Waals surface area contributed by atoms with Gasteiger partial charge in [-0.05, 0) is 30.9 Å². The molecule has 156 valence electrons. The average molecular weight is 410 g/mol. The van der Waals surface area contributed by atoms with Crippen molar-refractivity contribution in [3.8, 4) is 0 Å². The minimum atomic E-state index is -4.43. The first-order valence-electron chi connectivity index (χ1n) is 9.03. The van der Waals surface area contributed by atoms with E-state index in [1.807, 2.05) is 11.9 Å². The van der Waals surface area contributed by atoms with Crippen LogP contribution >= 0.6 is 0 Å². The average Bonchev–Trinajstić information content (AvgIpc) is 2.68. The van der Waals surface area contributed by atoms with Crippen LogP contribution in [0.15, 0.2) is 30.7 Å². The van der Waals surface area contributed by atoms with Gasteiger partial charge in [-0.2, -0.15) is 13.2 Å². The second-order valence-corrected chi connectivity index (χ2v) is 6.91. The summed E-state index contributed by atoms with van der Waals surface area (Å²) in [5, 5.41) is 11.9. The van der Waals surface area contributed by atoms with Crippen LogP contribution in [0.4, 0.5) is 35.4 Å². The number of nitrogens with zero attached hydrogens (tertiary/aromatic N) is 5. The number of halogens is 3. The quantitative estimate of drug-likeness (QED) is 0.780. The normalized spacial score (nSPS) is 15.2. The number of nitrogens with one attached hydrogen (secondary N) is 1. The van der Waals surface area contributed by atoms with Gasteiger partial charge in [-0.3, -0.25) is 0 Å². The first kappa shape index (κ1) is 20.6. The van der Waals surface area contributed by atoms with Crippen molar-refractivity contribution in [1.29, 1.82) is 0 Å². The lowest BCUT2D eigenvalue weighted by molar-refractivity contribution is -0.137. The Kier molecular flexibility index (Phi) is 6.04. The number of aromatic nitrogens is 3. The number of hydrogen-bond acceptors (Lipinski definition) is 6. The Morgan fingerprint density at radius 1 is 1.24 bits per heavy atom. The van der Waals surface area contributed by atoms with E-state index in [0.717, 1.165) is 25.1 Å². The first-order chi connectivity index (χ1) is 13.7. The molecule has 0 aliphatic carbocycles. The van der Waals surface area contributed by atoms with E-state index in [2.05, 4.69) is 20.3 Å². The molecule has 0 radical (unpaired) electrons. The Morgan fingerprint density at radius 3 is 2.55 bits per heavy atom. The molecule has 0 unspecified atom stereocenters. The predicted octanol–water partition coefficient (Wildman–Crippen LogP) is 3.46. The van der Waals surface area contributed by atoms with Crippen molar-refractivity contribution in [3.63, 3.8) is 0 Å². The zero-order valence-electron chi connectivity index (χ0n) is 15.7. The van der Waals surface area contributed by atoms with E-state index in [1.165, 1.54) is 17.3 Å². The van der Waals surface area contributed by atoms with Crippen molar-refractivity contribution in [2.24, 2.45) is 5.92 Å². The van der Waals surface area contributed by atoms with E-state index in [9.17, 15) is 18.0 Å². The third-order valence-electron chi connectivity index (χ3n) is 4.81. The zero-order valence-corrected chi connectivity index (χ0v) is 15.7. The van der Waals surface area contributed by atoms with Crippen LogP contribution in [0.25, 0.3) is 0 Å². The number of carboxylic acid groups (broad SMARTS) is 1. The zero-order chi connectivity index (χ0) is 21.0. The molecule has 3 rings (SSSR count). The standard InChI is InChI=1S/C18H21F3N6O2/c1-26(10-12-4-6-27(7-5-12)17(28)29)16-8-15(23-11-24-16)25-14-3-2-13(9-22-14)18(19,20)21/h2-3,8-9,11-12H,4-7,10H2,1H3,(H,28,29)(H,22,23,24,25). The molecule has 2 N–H and O–H groups in total. The highest BCUT2D eigenvalue weighted by Gasteiger charge is 2.30. The van der Waals surface area contributed by atoms with Crippen LogP contribution in [0.5, 0.6) is 0 Å². The fourth-order valence-electron chi connectivity index (χ4n) is 3.18. The summed E-state index contributed by atoms with van der Waals surface area (Å²) >= 11 is 0. The van der Waals surface area contributed by atoms with Crippen molar-refractivity contribution >= 4 is 23.5 Å². The van der Waals surface area contributed by atoms with Crippen LogP contribution in [-0.4, -0.2) is 57.7 Å². The maximum atomic E-state index is 12.6. The monoisotopic (exact) mass is 410 g/mol. The molecule has 3 heterocycles. The number of hydrogen-bond donors (Lipinski definition) is 2. The second-order valence-electron chi connectivity index (χ2n) is 6.91. The molecule has 0 saturated carbocycles. The van der Waals surface area contributed by atoms with Gasteiger partial charge in [0.15, 0.2) is 0 Å². The maximum Gasteiger partial charge on any atom is 0.417 e. The van der Waals surface area contributed by atoms with Crippen LogP contribution in [0, 0.1) is 5.92 Å². The summed E-state index contributed by atoms with van der Waals surface area (Å²) in [6.45, 7) is 1.75. The molecular formula is C18H21F3N6O2. The third-order valence-corrected chi connectivity index (χ3v) is 4.81. The van der Waals surface area contributed by atoms with E-state index in [4.69, 9.17) is 5.11 Å². The maximum absolute atomic E-state index is 12.6. The molecule has 0 atom stereocenters. The summed E-state index contributed by atoms with van der Waals surface area (Å²) in [6.07, 6.45) is -1.63. The molecular weight excluding hydrogens is 389 g/mol. The van der Waals surface area contributed by atoms with Crippen LogP contribution in [0.3, 0.4) is 0 Å². The summed E-state index contributed by atoms with van der Waals surface area (Å²) in [4.78, 5) is 26.5. The fourth-order valence-corrected chi connectivity index (χ4v) is 3.18. The van der Waals surface area contributed by atoms with Crippen LogP contribution in [-0.2, 0) is 6.18 Å². The number of carbonyl (C=O) groups is 1. The Bertz CT molecular complexity index is 838. The van der Waals surface area contributed by atoms with Crippen molar-refractivity contribution in [1.82, 2.24) is 19.9 Å². The molecule has 0 aromatic carbocycles. The van der Waals surface area contributed by atoms with Crippen molar-refractivity contribution in [2.75, 3.05) is 36.9 Å². The number of amides is 1. The lowest BCUT2D eigenvalue weighted by Gasteiger charge is -2.32. The molecule has 1 saturated heterocycles. The summed E-state index contributed by atoms with van der Waals surface area (Å²) in [5.74, 6) is 1.65. The molecule has 1 aliphatic rings.